The second-order valence-electron chi connectivity index (χ2n) is 5.02. The van der Waals surface area contributed by atoms with E-state index in [1.807, 2.05) is 12.1 Å². The summed E-state index contributed by atoms with van der Waals surface area (Å²) in [6, 6.07) is 6.99. The molecular formula is C14H20N4O2. The van der Waals surface area contributed by atoms with Crippen molar-refractivity contribution in [2.75, 3.05) is 23.3 Å². The van der Waals surface area contributed by atoms with Gasteiger partial charge in [-0.05, 0) is 31.5 Å². The van der Waals surface area contributed by atoms with Crippen LogP contribution in [-0.2, 0) is 4.79 Å². The van der Waals surface area contributed by atoms with Gasteiger partial charge in [0.25, 0.3) is 0 Å². The first-order chi connectivity index (χ1) is 9.56. The van der Waals surface area contributed by atoms with E-state index < -0.39 is 0 Å². The summed E-state index contributed by atoms with van der Waals surface area (Å²) < 4.78 is 0. The molecule has 3 amide bonds. The monoisotopic (exact) mass is 276 g/mol. The van der Waals surface area contributed by atoms with Crippen LogP contribution in [0.15, 0.2) is 24.3 Å². The van der Waals surface area contributed by atoms with Crippen LogP contribution in [0, 0.1) is 0 Å². The number of carbonyl (C=O) groups is 2. The van der Waals surface area contributed by atoms with Crippen molar-refractivity contribution in [2.24, 2.45) is 5.73 Å². The van der Waals surface area contributed by atoms with Crippen LogP contribution in [0.5, 0.6) is 0 Å². The molecule has 20 heavy (non-hydrogen) atoms. The van der Waals surface area contributed by atoms with E-state index in [2.05, 4.69) is 10.6 Å². The van der Waals surface area contributed by atoms with Crippen LogP contribution >= 0.6 is 0 Å². The molecule has 1 atom stereocenters. The molecule has 1 aromatic rings. The van der Waals surface area contributed by atoms with E-state index in [0.717, 1.165) is 12.1 Å². The van der Waals surface area contributed by atoms with Crippen molar-refractivity contribution < 1.29 is 9.59 Å². The third-order valence-corrected chi connectivity index (χ3v) is 3.03. The molecular weight excluding hydrogens is 256 g/mol. The SMILES string of the molecule is CC(N)CC(=O)Nc1cccc(N2CCCNC2=O)c1. The summed E-state index contributed by atoms with van der Waals surface area (Å²) in [6.07, 6.45) is 1.18. The lowest BCUT2D eigenvalue weighted by Gasteiger charge is -2.27. The number of benzene rings is 1. The first kappa shape index (κ1) is 14.3. The standard InChI is InChI=1S/C14H20N4O2/c1-10(15)8-13(19)17-11-4-2-5-12(9-11)18-7-3-6-16-14(18)20/h2,4-5,9-10H,3,6-8,15H2,1H3,(H,16,20)(H,17,19). The van der Waals surface area contributed by atoms with Crippen LogP contribution in [0.2, 0.25) is 0 Å². The number of hydrogen-bond acceptors (Lipinski definition) is 3. The van der Waals surface area contributed by atoms with Crippen LogP contribution in [0.25, 0.3) is 0 Å². The Labute approximate surface area is 118 Å². The van der Waals surface area contributed by atoms with Gasteiger partial charge >= 0.3 is 6.03 Å². The normalized spacial score (nSPS) is 16.5. The number of nitrogens with one attached hydrogen (secondary N) is 2. The van der Waals surface area contributed by atoms with Crippen molar-refractivity contribution in [3.05, 3.63) is 24.3 Å². The summed E-state index contributed by atoms with van der Waals surface area (Å²) in [6.45, 7) is 3.18. The highest BCUT2D eigenvalue weighted by molar-refractivity contribution is 5.95. The predicted octanol–water partition coefficient (Wildman–Crippen LogP) is 1.28. The minimum atomic E-state index is -0.175. The third-order valence-electron chi connectivity index (χ3n) is 3.03. The van der Waals surface area contributed by atoms with E-state index in [0.29, 0.717) is 18.8 Å². The van der Waals surface area contributed by atoms with E-state index in [9.17, 15) is 9.59 Å². The lowest BCUT2D eigenvalue weighted by Crippen LogP contribution is -2.46. The number of anilines is 2. The summed E-state index contributed by atoms with van der Waals surface area (Å²) in [5, 5.41) is 5.59. The van der Waals surface area contributed by atoms with Gasteiger partial charge in [-0.3, -0.25) is 9.69 Å². The van der Waals surface area contributed by atoms with Gasteiger partial charge in [0.05, 0.1) is 0 Å². The molecule has 0 aromatic heterocycles. The Morgan fingerprint density at radius 2 is 2.35 bits per heavy atom. The van der Waals surface area contributed by atoms with Crippen LogP contribution in [-0.4, -0.2) is 31.1 Å². The minimum Gasteiger partial charge on any atom is -0.338 e. The Kier molecular flexibility index (Phi) is 4.57. The number of urea groups is 1. The first-order valence-electron chi connectivity index (χ1n) is 6.77. The fourth-order valence-corrected chi connectivity index (χ4v) is 2.13. The molecule has 2 rings (SSSR count). The number of amides is 3. The average Bonchev–Trinajstić information content (AvgIpc) is 2.38. The zero-order valence-corrected chi connectivity index (χ0v) is 11.6. The summed E-state index contributed by atoms with van der Waals surface area (Å²) >= 11 is 0. The largest absolute Gasteiger partial charge is 0.338 e. The highest BCUT2D eigenvalue weighted by Crippen LogP contribution is 2.21. The van der Waals surface area contributed by atoms with Crippen LogP contribution in [0.3, 0.4) is 0 Å². The predicted molar refractivity (Wildman–Crippen MR) is 78.7 cm³/mol. The van der Waals surface area contributed by atoms with E-state index in [-0.39, 0.29) is 24.4 Å². The summed E-state index contributed by atoms with van der Waals surface area (Å²) in [5.41, 5.74) is 7.04. The average molecular weight is 276 g/mol. The van der Waals surface area contributed by atoms with Crippen molar-refractivity contribution in [1.29, 1.82) is 0 Å². The number of nitrogens with two attached hydrogens (primary N) is 1. The lowest BCUT2D eigenvalue weighted by atomic mass is 10.2. The molecule has 0 bridgehead atoms. The molecule has 0 radical (unpaired) electrons. The smallest absolute Gasteiger partial charge is 0.321 e. The quantitative estimate of drug-likeness (QED) is 0.774. The number of hydrogen-bond donors (Lipinski definition) is 3. The Hall–Kier alpha value is -2.08. The van der Waals surface area contributed by atoms with E-state index in [1.54, 1.807) is 24.0 Å². The Morgan fingerprint density at radius 1 is 1.55 bits per heavy atom. The first-order valence-corrected chi connectivity index (χ1v) is 6.77. The highest BCUT2D eigenvalue weighted by Gasteiger charge is 2.19. The number of nitrogens with zero attached hydrogens (tertiary/aromatic N) is 1. The molecule has 1 heterocycles. The molecule has 1 unspecified atom stereocenters. The zero-order valence-electron chi connectivity index (χ0n) is 11.6. The molecule has 4 N–H and O–H groups in total. The molecule has 0 aliphatic carbocycles. The maximum Gasteiger partial charge on any atom is 0.321 e. The fourth-order valence-electron chi connectivity index (χ4n) is 2.13. The molecule has 6 nitrogen and oxygen atoms in total. The molecule has 1 fully saturated rings. The topological polar surface area (TPSA) is 87.5 Å². The van der Waals surface area contributed by atoms with Gasteiger partial charge in [-0.15, -0.1) is 0 Å². The Bertz CT molecular complexity index is 502. The molecule has 1 aromatic carbocycles. The maximum atomic E-state index is 11.8. The minimum absolute atomic E-state index is 0.102. The van der Waals surface area contributed by atoms with E-state index >= 15 is 0 Å². The fraction of sp³-hybridized carbons (Fsp3) is 0.429. The summed E-state index contributed by atoms with van der Waals surface area (Å²) in [7, 11) is 0. The van der Waals surface area contributed by atoms with Gasteiger partial charge < -0.3 is 16.4 Å². The van der Waals surface area contributed by atoms with Crippen molar-refractivity contribution in [1.82, 2.24) is 5.32 Å². The highest BCUT2D eigenvalue weighted by atomic mass is 16.2. The summed E-state index contributed by atoms with van der Waals surface area (Å²) in [5.74, 6) is -0.125. The van der Waals surface area contributed by atoms with Crippen LogP contribution < -0.4 is 21.3 Å². The molecule has 108 valence electrons. The van der Waals surface area contributed by atoms with Gasteiger partial charge in [0, 0.05) is 36.9 Å². The van der Waals surface area contributed by atoms with Crippen molar-refractivity contribution in [3.63, 3.8) is 0 Å². The molecule has 6 heteroatoms. The van der Waals surface area contributed by atoms with Crippen molar-refractivity contribution in [2.45, 2.75) is 25.8 Å². The van der Waals surface area contributed by atoms with Crippen LogP contribution in [0.4, 0.5) is 16.2 Å². The van der Waals surface area contributed by atoms with Crippen molar-refractivity contribution >= 4 is 23.3 Å². The van der Waals surface area contributed by atoms with E-state index in [1.165, 1.54) is 0 Å². The van der Waals surface area contributed by atoms with Gasteiger partial charge in [0.2, 0.25) is 5.91 Å². The number of rotatable bonds is 4. The molecule has 1 aliphatic heterocycles. The zero-order chi connectivity index (χ0) is 14.5. The lowest BCUT2D eigenvalue weighted by molar-refractivity contribution is -0.116. The second-order valence-corrected chi connectivity index (χ2v) is 5.02. The molecule has 1 aliphatic rings. The van der Waals surface area contributed by atoms with Gasteiger partial charge in [0.15, 0.2) is 0 Å². The molecule has 0 saturated carbocycles. The van der Waals surface area contributed by atoms with Crippen LogP contribution in [0.1, 0.15) is 19.8 Å². The maximum absolute atomic E-state index is 11.8. The molecule has 1 saturated heterocycles. The van der Waals surface area contributed by atoms with Gasteiger partial charge in [-0.25, -0.2) is 4.79 Å². The van der Waals surface area contributed by atoms with Gasteiger partial charge in [-0.2, -0.15) is 0 Å². The third kappa shape index (κ3) is 3.71. The van der Waals surface area contributed by atoms with Gasteiger partial charge in [-0.1, -0.05) is 6.07 Å². The van der Waals surface area contributed by atoms with Crippen molar-refractivity contribution in [3.8, 4) is 0 Å². The second kappa shape index (κ2) is 6.38. The Morgan fingerprint density at radius 3 is 3.05 bits per heavy atom. The van der Waals surface area contributed by atoms with Gasteiger partial charge in [0.1, 0.15) is 0 Å². The van der Waals surface area contributed by atoms with E-state index in [4.69, 9.17) is 5.73 Å². The summed E-state index contributed by atoms with van der Waals surface area (Å²) in [4.78, 5) is 25.1. The molecule has 0 spiro atoms. The Balaban J connectivity index is 2.07. The number of carbonyl (C=O) groups excluding carboxylic acids is 2.